The molecule has 1 nitrogen and oxygen atoms in total. The monoisotopic (exact) mass is 173 g/mol. The van der Waals surface area contributed by atoms with Crippen molar-refractivity contribution in [2.75, 3.05) is 0 Å². The largest absolute Gasteiger partial charge is 0.355 e. The van der Waals surface area contributed by atoms with Crippen LogP contribution in [0.25, 0.3) is 21.8 Å². The predicted octanol–water partition coefficient (Wildman–Crippen LogP) is 3.32. The number of fused-ring (bicyclic) bond motifs is 3. The molecule has 0 unspecified atom stereocenters. The van der Waals surface area contributed by atoms with Crippen LogP contribution >= 0.6 is 0 Å². The number of aromatic amines is 1. The Labute approximate surface area is 84.4 Å². The van der Waals surface area contributed by atoms with Crippen molar-refractivity contribution in [2.45, 2.75) is 0 Å². The average Bonchev–Trinajstić information content (AvgIpc) is 2.78. The fourth-order valence-electron chi connectivity index (χ4n) is 1.42. The molecule has 0 atom stereocenters. The van der Waals surface area contributed by atoms with E-state index in [1.165, 1.54) is 6.07 Å². The van der Waals surface area contributed by atoms with Gasteiger partial charge in [-0.05, 0) is 12.1 Å². The minimum absolute atomic E-state index is 0.0285. The van der Waals surface area contributed by atoms with E-state index in [1.807, 2.05) is 0 Å². The molecule has 0 saturated heterocycles. The molecule has 0 aliphatic heterocycles. The van der Waals surface area contributed by atoms with Gasteiger partial charge in [0.05, 0.1) is 8.22 Å². The van der Waals surface area contributed by atoms with Crippen molar-refractivity contribution in [1.29, 1.82) is 0 Å². The molecule has 1 N–H and O–H groups in total. The molecule has 3 rings (SSSR count). The number of nitrogens with one attached hydrogen (secondary N) is 1. The summed E-state index contributed by atoms with van der Waals surface area (Å²) in [5, 5.41) is 0.648. The second kappa shape index (κ2) is 2.36. The van der Waals surface area contributed by atoms with Crippen molar-refractivity contribution in [3.63, 3.8) is 0 Å². The summed E-state index contributed by atoms with van der Waals surface area (Å²) >= 11 is 0. The summed E-state index contributed by atoms with van der Waals surface area (Å²) in [5.41, 5.74) is 0.822. The third kappa shape index (κ3) is 0.872. The highest BCUT2D eigenvalue weighted by Gasteiger charge is 2.00. The van der Waals surface area contributed by atoms with Crippen LogP contribution in [0, 0.1) is 0 Å². The summed E-state index contributed by atoms with van der Waals surface area (Å²) in [4.78, 5) is 2.91. The first kappa shape index (κ1) is 3.18. The molecule has 3 aromatic rings. The molecule has 0 aliphatic carbocycles. The van der Waals surface area contributed by atoms with Gasteiger partial charge in [-0.2, -0.15) is 0 Å². The number of hydrogen-bond acceptors (Lipinski definition) is 0. The Morgan fingerprint density at radius 3 is 2.69 bits per heavy atom. The lowest BCUT2D eigenvalue weighted by Crippen LogP contribution is -1.62. The van der Waals surface area contributed by atoms with Crippen LogP contribution < -0.4 is 0 Å². The topological polar surface area (TPSA) is 15.8 Å². The van der Waals surface area contributed by atoms with E-state index < -0.39 is 0 Å². The molecular weight excluding hydrogens is 158 g/mol. The Balaban J connectivity index is 2.69. The molecule has 13 heavy (non-hydrogen) atoms. The summed E-state index contributed by atoms with van der Waals surface area (Å²) in [5.74, 6) is 0. The van der Waals surface area contributed by atoms with Crippen molar-refractivity contribution in [2.24, 2.45) is 0 Å². The van der Waals surface area contributed by atoms with E-state index in [1.54, 1.807) is 6.07 Å². The van der Waals surface area contributed by atoms with Gasteiger partial charge < -0.3 is 4.98 Å². The van der Waals surface area contributed by atoms with E-state index in [2.05, 4.69) is 4.98 Å². The van der Waals surface area contributed by atoms with E-state index in [9.17, 15) is 0 Å². The number of para-hydroxylation sites is 2. The van der Waals surface area contributed by atoms with E-state index >= 15 is 0 Å². The Morgan fingerprint density at radius 1 is 0.923 bits per heavy atom. The van der Waals surface area contributed by atoms with Crippen molar-refractivity contribution in [3.05, 3.63) is 48.4 Å². The summed E-state index contributed by atoms with van der Waals surface area (Å²) in [6.45, 7) is 0. The van der Waals surface area contributed by atoms with Gasteiger partial charge in [0.15, 0.2) is 0 Å². The second-order valence-corrected chi connectivity index (χ2v) is 2.77. The first-order valence-electron chi connectivity index (χ1n) is 6.91. The molecule has 62 valence electrons. The van der Waals surface area contributed by atoms with Gasteiger partial charge in [-0.25, -0.2) is 0 Å². The summed E-state index contributed by atoms with van der Waals surface area (Å²) in [6, 6.07) is 2.11. The van der Waals surface area contributed by atoms with Crippen molar-refractivity contribution < 1.29 is 8.22 Å². The zero-order valence-electron chi connectivity index (χ0n) is 12.7. The molecule has 0 saturated carbocycles. The normalized spacial score (nSPS) is 17.5. The Hall–Kier alpha value is -1.76. The zero-order valence-corrected chi connectivity index (χ0v) is 6.65. The van der Waals surface area contributed by atoms with Gasteiger partial charge in [0, 0.05) is 21.8 Å². The average molecular weight is 173 g/mol. The van der Waals surface area contributed by atoms with Gasteiger partial charge in [0.25, 0.3) is 0 Å². The lowest BCUT2D eigenvalue weighted by atomic mass is 10.2. The number of H-pyrrole nitrogens is 1. The standard InChI is InChI=1S/C12H9N/c1-3-7-11-9(5-1)10-6-2-4-8-12(10)13-11/h1-8,13H/i1D,2D,3D,5D,6D,7D. The van der Waals surface area contributed by atoms with Gasteiger partial charge in [0.1, 0.15) is 0 Å². The SMILES string of the molecule is [2H]c1ccc2[nH]c3c([2H])c([2H])c([2H])c([2H])c3c2c1[2H]. The number of rotatable bonds is 0. The van der Waals surface area contributed by atoms with Gasteiger partial charge in [-0.3, -0.25) is 0 Å². The smallest absolute Gasteiger partial charge is 0.0645 e. The second-order valence-electron chi connectivity index (χ2n) is 2.77. The highest BCUT2D eigenvalue weighted by Crippen LogP contribution is 2.24. The predicted molar refractivity (Wildman–Crippen MR) is 55.8 cm³/mol. The Kier molecular flexibility index (Phi) is 0.578. The van der Waals surface area contributed by atoms with E-state index in [0.29, 0.717) is 10.9 Å². The molecule has 1 aromatic heterocycles. The fourth-order valence-corrected chi connectivity index (χ4v) is 1.42. The van der Waals surface area contributed by atoms with Gasteiger partial charge in [0.2, 0.25) is 0 Å². The summed E-state index contributed by atoms with van der Waals surface area (Å²) in [7, 11) is 0. The first-order valence-corrected chi connectivity index (χ1v) is 3.91. The molecule has 1 heterocycles. The van der Waals surface area contributed by atoms with E-state index in [4.69, 9.17) is 8.22 Å². The van der Waals surface area contributed by atoms with E-state index in [0.717, 1.165) is 0 Å². The molecule has 1 heteroatoms. The third-order valence-electron chi connectivity index (χ3n) is 2.00. The minimum atomic E-state index is -0.326. The number of benzene rings is 2. The summed E-state index contributed by atoms with van der Waals surface area (Å²) in [6.07, 6.45) is 0. The molecule has 0 aliphatic rings. The quantitative estimate of drug-likeness (QED) is 0.536. The van der Waals surface area contributed by atoms with Crippen LogP contribution in [0.15, 0.2) is 48.4 Å². The third-order valence-corrected chi connectivity index (χ3v) is 2.00. The van der Waals surface area contributed by atoms with Crippen LogP contribution in [-0.2, 0) is 0 Å². The molecule has 0 spiro atoms. The number of hydrogen-bond donors (Lipinski definition) is 1. The van der Waals surface area contributed by atoms with Crippen LogP contribution in [0.4, 0.5) is 0 Å². The van der Waals surface area contributed by atoms with Crippen molar-refractivity contribution in [1.82, 2.24) is 4.98 Å². The highest BCUT2D eigenvalue weighted by molar-refractivity contribution is 6.06. The molecule has 0 bridgehead atoms. The van der Waals surface area contributed by atoms with Gasteiger partial charge in [-0.1, -0.05) is 36.3 Å². The van der Waals surface area contributed by atoms with Crippen LogP contribution in [-0.4, -0.2) is 4.98 Å². The van der Waals surface area contributed by atoms with Crippen LogP contribution in [0.5, 0.6) is 0 Å². The lowest BCUT2D eigenvalue weighted by molar-refractivity contribution is 1.55. The van der Waals surface area contributed by atoms with Gasteiger partial charge >= 0.3 is 0 Å². The molecule has 2 aromatic carbocycles. The van der Waals surface area contributed by atoms with Crippen molar-refractivity contribution in [3.8, 4) is 0 Å². The lowest BCUT2D eigenvalue weighted by Gasteiger charge is -1.87. The fraction of sp³-hybridized carbons (Fsp3) is 0. The Bertz CT molecular complexity index is 836. The van der Waals surface area contributed by atoms with E-state index in [-0.39, 0.29) is 47.2 Å². The maximum absolute atomic E-state index is 7.94. The maximum atomic E-state index is 7.94. The number of aromatic nitrogens is 1. The van der Waals surface area contributed by atoms with Crippen LogP contribution in [0.3, 0.4) is 0 Å². The maximum Gasteiger partial charge on any atom is 0.0645 e. The van der Waals surface area contributed by atoms with Crippen LogP contribution in [0.2, 0.25) is 0 Å². The molecule has 0 fully saturated rings. The molecular formula is C12H9N. The summed E-state index contributed by atoms with van der Waals surface area (Å²) < 4.78 is 46.7. The minimum Gasteiger partial charge on any atom is -0.355 e. The molecule has 0 amide bonds. The zero-order chi connectivity index (χ0) is 13.9. The Morgan fingerprint density at radius 2 is 1.69 bits per heavy atom. The van der Waals surface area contributed by atoms with Gasteiger partial charge in [-0.15, -0.1) is 0 Å². The first-order chi connectivity index (χ1) is 8.93. The van der Waals surface area contributed by atoms with Crippen LogP contribution in [0.1, 0.15) is 8.22 Å². The van der Waals surface area contributed by atoms with Crippen molar-refractivity contribution >= 4 is 21.8 Å². The molecule has 0 radical (unpaired) electrons. The highest BCUT2D eigenvalue weighted by atomic mass is 14.7.